The number of hydrogen-bond acceptors (Lipinski definition) is 8. The van der Waals surface area contributed by atoms with Gasteiger partial charge in [-0.25, -0.2) is 0 Å². The van der Waals surface area contributed by atoms with Gasteiger partial charge in [0.1, 0.15) is 13.2 Å². The minimum Gasteiger partial charge on any atom is -0.490 e. The highest BCUT2D eigenvalue weighted by Gasteiger charge is 2.19. The summed E-state index contributed by atoms with van der Waals surface area (Å²) in [7, 11) is 1.88. The first-order valence-electron chi connectivity index (χ1n) is 11.2. The average molecular weight is 483 g/mol. The Bertz CT molecular complexity index is 1200. The molecule has 34 heavy (non-hydrogen) atoms. The molecule has 5 rings (SSSR count). The molecular weight excluding hydrogens is 456 g/mol. The van der Waals surface area contributed by atoms with Crippen LogP contribution in [-0.4, -0.2) is 52.9 Å². The maximum absolute atomic E-state index is 12.6. The lowest BCUT2D eigenvalue weighted by Crippen LogP contribution is -2.28. The Labute approximate surface area is 201 Å². The van der Waals surface area contributed by atoms with E-state index in [-0.39, 0.29) is 17.7 Å². The molecule has 0 fully saturated rings. The summed E-state index contributed by atoms with van der Waals surface area (Å²) in [5.41, 5.74) is 1.83. The van der Waals surface area contributed by atoms with E-state index in [0.29, 0.717) is 43.2 Å². The van der Waals surface area contributed by atoms with E-state index in [2.05, 4.69) is 15.5 Å². The number of thioether (sulfide) groups is 1. The van der Waals surface area contributed by atoms with Crippen LogP contribution >= 0.6 is 11.8 Å². The van der Waals surface area contributed by atoms with Gasteiger partial charge in [0.05, 0.1) is 25.0 Å². The number of carbonyl (C=O) groups is 1. The third-order valence-corrected chi connectivity index (χ3v) is 6.64. The third-order valence-electron chi connectivity index (χ3n) is 5.62. The third kappa shape index (κ3) is 4.77. The average Bonchev–Trinajstić information content (AvgIpc) is 3.06. The van der Waals surface area contributed by atoms with Crippen LogP contribution in [0.15, 0.2) is 41.6 Å². The predicted octanol–water partition coefficient (Wildman–Crippen LogP) is 3.38. The smallest absolute Gasteiger partial charge is 0.230 e. The van der Waals surface area contributed by atoms with E-state index in [4.69, 9.17) is 18.9 Å². The first-order valence-corrected chi connectivity index (χ1v) is 12.2. The molecule has 9 nitrogen and oxygen atoms in total. The molecule has 178 valence electrons. The second kappa shape index (κ2) is 9.84. The molecule has 2 aliphatic rings. The summed E-state index contributed by atoms with van der Waals surface area (Å²) in [5.74, 6) is 3.72. The van der Waals surface area contributed by atoms with Crippen molar-refractivity contribution >= 4 is 17.7 Å². The predicted molar refractivity (Wildman–Crippen MR) is 127 cm³/mol. The van der Waals surface area contributed by atoms with E-state index in [1.165, 1.54) is 11.8 Å². The van der Waals surface area contributed by atoms with Crippen LogP contribution in [0.3, 0.4) is 0 Å². The van der Waals surface area contributed by atoms with Crippen molar-refractivity contribution in [3.63, 3.8) is 0 Å². The Balaban J connectivity index is 1.20. The lowest BCUT2D eigenvalue weighted by molar-refractivity contribution is -0.119. The van der Waals surface area contributed by atoms with Crippen LogP contribution < -0.4 is 24.3 Å². The molecule has 1 N–H and O–H groups in total. The van der Waals surface area contributed by atoms with Crippen LogP contribution in [0.25, 0.3) is 11.4 Å². The summed E-state index contributed by atoms with van der Waals surface area (Å²) in [6.45, 7) is 4.29. The summed E-state index contributed by atoms with van der Waals surface area (Å²) in [6.07, 6.45) is 0.853. The molecule has 1 aromatic heterocycles. The van der Waals surface area contributed by atoms with E-state index < -0.39 is 0 Å². The minimum atomic E-state index is -0.168. The Morgan fingerprint density at radius 3 is 2.47 bits per heavy atom. The number of fused-ring (bicyclic) bond motifs is 2. The molecule has 3 aromatic rings. The number of benzene rings is 2. The van der Waals surface area contributed by atoms with Crippen molar-refractivity contribution in [1.29, 1.82) is 0 Å². The van der Waals surface area contributed by atoms with Gasteiger partial charge < -0.3 is 28.8 Å². The van der Waals surface area contributed by atoms with Gasteiger partial charge in [-0.15, -0.1) is 10.2 Å². The van der Waals surface area contributed by atoms with Gasteiger partial charge in [0.15, 0.2) is 34.0 Å². The second-order valence-electron chi connectivity index (χ2n) is 8.06. The van der Waals surface area contributed by atoms with Crippen molar-refractivity contribution in [3.05, 3.63) is 42.0 Å². The van der Waals surface area contributed by atoms with Gasteiger partial charge in [-0.3, -0.25) is 4.79 Å². The molecule has 0 unspecified atom stereocenters. The topological polar surface area (TPSA) is 96.7 Å². The Kier molecular flexibility index (Phi) is 6.48. The van der Waals surface area contributed by atoms with E-state index in [1.807, 2.05) is 54.9 Å². The molecule has 2 aromatic carbocycles. The molecule has 0 saturated carbocycles. The number of carbonyl (C=O) groups excluding carboxylic acids is 1. The fraction of sp³-hybridized carbons (Fsp3) is 0.375. The zero-order chi connectivity index (χ0) is 23.5. The summed E-state index contributed by atoms with van der Waals surface area (Å²) in [4.78, 5) is 12.6. The number of rotatable bonds is 6. The quantitative estimate of drug-likeness (QED) is 0.534. The lowest BCUT2D eigenvalue weighted by Gasteiger charge is -2.18. The van der Waals surface area contributed by atoms with Crippen LogP contribution in [0.4, 0.5) is 0 Å². The zero-order valence-electron chi connectivity index (χ0n) is 19.1. The van der Waals surface area contributed by atoms with Gasteiger partial charge in [-0.1, -0.05) is 17.8 Å². The van der Waals surface area contributed by atoms with Gasteiger partial charge in [0.2, 0.25) is 5.91 Å². The van der Waals surface area contributed by atoms with Crippen molar-refractivity contribution in [2.45, 2.75) is 24.5 Å². The molecule has 0 aliphatic carbocycles. The fourth-order valence-corrected chi connectivity index (χ4v) is 4.54. The van der Waals surface area contributed by atoms with Gasteiger partial charge in [-0.05, 0) is 42.8 Å². The molecule has 0 radical (unpaired) electrons. The van der Waals surface area contributed by atoms with Gasteiger partial charge in [0.25, 0.3) is 0 Å². The number of amides is 1. The van der Waals surface area contributed by atoms with Crippen LogP contribution in [0.1, 0.15) is 24.9 Å². The van der Waals surface area contributed by atoms with E-state index in [1.54, 1.807) is 0 Å². The first kappa shape index (κ1) is 22.4. The zero-order valence-corrected chi connectivity index (χ0v) is 19.9. The SMILES string of the molecule is C[C@@H](NC(=O)CSc1nnc(-c2ccc3c(c2)OCCO3)n1C)c1ccc2c(c1)OCCCO2. The van der Waals surface area contributed by atoms with Gasteiger partial charge in [-0.2, -0.15) is 0 Å². The molecule has 10 heteroatoms. The number of nitrogens with one attached hydrogen (secondary N) is 1. The summed E-state index contributed by atoms with van der Waals surface area (Å²) in [5, 5.41) is 12.3. The highest BCUT2D eigenvalue weighted by Crippen LogP contribution is 2.35. The minimum absolute atomic E-state index is 0.0894. The van der Waals surface area contributed by atoms with Crippen molar-refractivity contribution in [2.24, 2.45) is 7.05 Å². The fourth-order valence-electron chi connectivity index (χ4n) is 3.82. The van der Waals surface area contributed by atoms with E-state index in [9.17, 15) is 4.79 Å². The maximum Gasteiger partial charge on any atom is 0.230 e. The van der Waals surface area contributed by atoms with Crippen LogP contribution in [-0.2, 0) is 11.8 Å². The Morgan fingerprint density at radius 1 is 0.971 bits per heavy atom. The van der Waals surface area contributed by atoms with Crippen molar-refractivity contribution in [3.8, 4) is 34.4 Å². The van der Waals surface area contributed by atoms with Crippen molar-refractivity contribution in [1.82, 2.24) is 20.1 Å². The summed E-state index contributed by atoms with van der Waals surface area (Å²) in [6, 6.07) is 11.3. The highest BCUT2D eigenvalue weighted by atomic mass is 32.2. The van der Waals surface area contributed by atoms with Crippen LogP contribution in [0.2, 0.25) is 0 Å². The molecule has 0 spiro atoms. The van der Waals surface area contributed by atoms with Crippen LogP contribution in [0, 0.1) is 0 Å². The van der Waals surface area contributed by atoms with E-state index in [0.717, 1.165) is 34.8 Å². The molecule has 2 aliphatic heterocycles. The van der Waals surface area contributed by atoms with Crippen molar-refractivity contribution < 1.29 is 23.7 Å². The lowest BCUT2D eigenvalue weighted by atomic mass is 10.1. The van der Waals surface area contributed by atoms with E-state index >= 15 is 0 Å². The van der Waals surface area contributed by atoms with Gasteiger partial charge in [0, 0.05) is 19.0 Å². The summed E-state index contributed by atoms with van der Waals surface area (Å²) >= 11 is 1.34. The standard InChI is InChI=1S/C24H26N4O5S/c1-15(16-4-6-18-20(12-16)31-9-3-8-30-18)25-22(29)14-34-24-27-26-23(28(24)2)17-5-7-19-21(13-17)33-11-10-32-19/h4-7,12-13,15H,3,8-11,14H2,1-2H3,(H,25,29)/t15-/m1/s1. The highest BCUT2D eigenvalue weighted by molar-refractivity contribution is 7.99. The molecule has 1 amide bonds. The molecule has 0 bridgehead atoms. The van der Waals surface area contributed by atoms with Crippen LogP contribution in [0.5, 0.6) is 23.0 Å². The Morgan fingerprint density at radius 2 is 1.65 bits per heavy atom. The van der Waals surface area contributed by atoms with Crippen molar-refractivity contribution in [2.75, 3.05) is 32.2 Å². The Hall–Kier alpha value is -3.40. The van der Waals surface area contributed by atoms with Gasteiger partial charge >= 0.3 is 0 Å². The second-order valence-corrected chi connectivity index (χ2v) is 9.00. The molecule has 1 atom stereocenters. The first-order chi connectivity index (χ1) is 16.6. The molecular formula is C24H26N4O5S. The number of nitrogens with zero attached hydrogens (tertiary/aromatic N) is 3. The molecule has 0 saturated heterocycles. The number of ether oxygens (including phenoxy) is 4. The molecule has 3 heterocycles. The largest absolute Gasteiger partial charge is 0.490 e. The number of hydrogen-bond donors (Lipinski definition) is 1. The monoisotopic (exact) mass is 482 g/mol. The summed E-state index contributed by atoms with van der Waals surface area (Å²) < 4.78 is 24.6. The number of aromatic nitrogens is 3. The normalized spacial score (nSPS) is 15.4. The maximum atomic E-state index is 12.6.